The second-order valence-electron chi connectivity index (χ2n) is 3.91. The molecule has 16 heavy (non-hydrogen) atoms. The molecule has 1 aromatic rings. The second-order valence-corrected chi connectivity index (χ2v) is 3.91. The lowest BCUT2D eigenvalue weighted by Gasteiger charge is -2.01. The van der Waals surface area contributed by atoms with Gasteiger partial charge in [0.1, 0.15) is 0 Å². The van der Waals surface area contributed by atoms with Crippen LogP contribution in [0.1, 0.15) is 25.5 Å². The van der Waals surface area contributed by atoms with Crippen molar-refractivity contribution in [2.45, 2.75) is 32.7 Å². The molecule has 1 rings (SSSR count). The largest absolute Gasteiger partial charge is 0.385 e. The summed E-state index contributed by atoms with van der Waals surface area (Å²) in [6.07, 6.45) is 7.34. The van der Waals surface area contributed by atoms with Crippen LogP contribution in [0.25, 0.3) is 0 Å². The zero-order valence-electron chi connectivity index (χ0n) is 10.4. The van der Waals surface area contributed by atoms with Crippen molar-refractivity contribution in [3.05, 3.63) is 18.2 Å². The van der Waals surface area contributed by atoms with Crippen molar-refractivity contribution >= 4 is 0 Å². The molecule has 4 nitrogen and oxygen atoms in total. The summed E-state index contributed by atoms with van der Waals surface area (Å²) >= 11 is 0. The first-order valence-electron chi connectivity index (χ1n) is 6.07. The lowest BCUT2D eigenvalue weighted by molar-refractivity contribution is 0.191. The number of hydrogen-bond donors (Lipinski definition) is 1. The van der Waals surface area contributed by atoms with Gasteiger partial charge in [-0.05, 0) is 19.4 Å². The average molecular weight is 225 g/mol. The molecule has 0 aliphatic carbocycles. The molecule has 0 amide bonds. The summed E-state index contributed by atoms with van der Waals surface area (Å²) in [6, 6.07) is 0. The second kappa shape index (κ2) is 8.30. The lowest BCUT2D eigenvalue weighted by Crippen LogP contribution is -2.16. The number of aromatic nitrogens is 2. The van der Waals surface area contributed by atoms with Crippen molar-refractivity contribution in [3.8, 4) is 0 Å². The molecule has 1 N–H and O–H groups in total. The van der Waals surface area contributed by atoms with Crippen LogP contribution >= 0.6 is 0 Å². The number of likely N-dealkylation sites (N-methyl/N-ethyl adjacent to an activating group) is 1. The molecule has 0 spiro atoms. The summed E-state index contributed by atoms with van der Waals surface area (Å²) in [5, 5.41) is 3.30. The zero-order chi connectivity index (χ0) is 11.6. The fourth-order valence-corrected chi connectivity index (χ4v) is 1.59. The third kappa shape index (κ3) is 5.28. The molecule has 1 aromatic heterocycles. The summed E-state index contributed by atoms with van der Waals surface area (Å²) in [5.41, 5.74) is 1.17. The highest BCUT2D eigenvalue weighted by atomic mass is 16.5. The molecule has 4 heteroatoms. The first-order valence-corrected chi connectivity index (χ1v) is 6.07. The van der Waals surface area contributed by atoms with E-state index < -0.39 is 0 Å². The van der Waals surface area contributed by atoms with Crippen molar-refractivity contribution in [2.24, 2.45) is 0 Å². The number of aryl methyl sites for hydroxylation is 1. The summed E-state index contributed by atoms with van der Waals surface area (Å²) in [7, 11) is 1.75. The van der Waals surface area contributed by atoms with E-state index in [1.54, 1.807) is 7.11 Å². The zero-order valence-corrected chi connectivity index (χ0v) is 10.4. The van der Waals surface area contributed by atoms with Crippen molar-refractivity contribution < 1.29 is 4.74 Å². The number of rotatable bonds is 9. The van der Waals surface area contributed by atoms with Crippen LogP contribution in [0, 0.1) is 0 Å². The molecular formula is C12H23N3O. The van der Waals surface area contributed by atoms with Crippen LogP contribution in [0.5, 0.6) is 0 Å². The highest BCUT2D eigenvalue weighted by molar-refractivity contribution is 4.97. The first-order chi connectivity index (χ1) is 7.86. The lowest BCUT2D eigenvalue weighted by atomic mass is 10.3. The van der Waals surface area contributed by atoms with Gasteiger partial charge in [-0.2, -0.15) is 0 Å². The fourth-order valence-electron chi connectivity index (χ4n) is 1.59. The van der Waals surface area contributed by atoms with Crippen LogP contribution in [0.3, 0.4) is 0 Å². The molecule has 0 bridgehead atoms. The number of imidazole rings is 1. The summed E-state index contributed by atoms with van der Waals surface area (Å²) < 4.78 is 7.18. The normalized spacial score (nSPS) is 10.9. The minimum absolute atomic E-state index is 0.849. The Kier molecular flexibility index (Phi) is 6.85. The van der Waals surface area contributed by atoms with Crippen molar-refractivity contribution in [2.75, 3.05) is 26.8 Å². The summed E-state index contributed by atoms with van der Waals surface area (Å²) in [4.78, 5) is 4.38. The molecule has 0 aliphatic heterocycles. The van der Waals surface area contributed by atoms with Crippen LogP contribution in [-0.2, 0) is 17.7 Å². The number of methoxy groups -OCH3 is 1. The SMILES string of the molecule is CCNCCc1cn(CCCCOC)cn1. The summed E-state index contributed by atoms with van der Waals surface area (Å²) in [5.74, 6) is 0. The Bertz CT molecular complexity index is 273. The minimum Gasteiger partial charge on any atom is -0.385 e. The topological polar surface area (TPSA) is 39.1 Å². The molecule has 0 saturated heterocycles. The van der Waals surface area contributed by atoms with Gasteiger partial charge >= 0.3 is 0 Å². The van der Waals surface area contributed by atoms with Gasteiger partial charge in [-0.3, -0.25) is 0 Å². The van der Waals surface area contributed by atoms with E-state index in [2.05, 4.69) is 28.0 Å². The molecular weight excluding hydrogens is 202 g/mol. The van der Waals surface area contributed by atoms with Crippen LogP contribution in [0.4, 0.5) is 0 Å². The Morgan fingerprint density at radius 3 is 3.06 bits per heavy atom. The Morgan fingerprint density at radius 2 is 2.31 bits per heavy atom. The number of nitrogens with one attached hydrogen (secondary N) is 1. The fraction of sp³-hybridized carbons (Fsp3) is 0.750. The van der Waals surface area contributed by atoms with Crippen molar-refractivity contribution in [1.82, 2.24) is 14.9 Å². The van der Waals surface area contributed by atoms with Crippen LogP contribution in [0.2, 0.25) is 0 Å². The maximum absolute atomic E-state index is 5.02. The van der Waals surface area contributed by atoms with E-state index >= 15 is 0 Å². The molecule has 0 saturated carbocycles. The van der Waals surface area contributed by atoms with E-state index in [0.717, 1.165) is 45.5 Å². The van der Waals surface area contributed by atoms with E-state index in [0.29, 0.717) is 0 Å². The number of unbranched alkanes of at least 4 members (excludes halogenated alkanes) is 1. The predicted molar refractivity (Wildman–Crippen MR) is 65.6 cm³/mol. The van der Waals surface area contributed by atoms with Gasteiger partial charge in [0.15, 0.2) is 0 Å². The Hall–Kier alpha value is -0.870. The van der Waals surface area contributed by atoms with Gasteiger partial charge < -0.3 is 14.6 Å². The van der Waals surface area contributed by atoms with Gasteiger partial charge in [0.2, 0.25) is 0 Å². The maximum atomic E-state index is 5.02. The number of hydrogen-bond acceptors (Lipinski definition) is 3. The Morgan fingerprint density at radius 1 is 1.44 bits per heavy atom. The molecule has 0 aromatic carbocycles. The molecule has 0 atom stereocenters. The smallest absolute Gasteiger partial charge is 0.0949 e. The van der Waals surface area contributed by atoms with Crippen molar-refractivity contribution in [1.29, 1.82) is 0 Å². The van der Waals surface area contributed by atoms with E-state index in [9.17, 15) is 0 Å². The Balaban J connectivity index is 2.17. The maximum Gasteiger partial charge on any atom is 0.0949 e. The number of ether oxygens (including phenoxy) is 1. The summed E-state index contributed by atoms with van der Waals surface area (Å²) in [6.45, 7) is 6.04. The predicted octanol–water partition coefficient (Wildman–Crippen LogP) is 1.46. The van der Waals surface area contributed by atoms with Gasteiger partial charge in [0.05, 0.1) is 12.0 Å². The van der Waals surface area contributed by atoms with Gasteiger partial charge in [-0.15, -0.1) is 0 Å². The van der Waals surface area contributed by atoms with E-state index in [-0.39, 0.29) is 0 Å². The minimum atomic E-state index is 0.849. The van der Waals surface area contributed by atoms with Crippen LogP contribution < -0.4 is 5.32 Å². The molecule has 0 unspecified atom stereocenters. The Labute approximate surface area is 98.0 Å². The molecule has 0 radical (unpaired) electrons. The molecule has 0 fully saturated rings. The van der Waals surface area contributed by atoms with Crippen LogP contribution in [0.15, 0.2) is 12.5 Å². The first kappa shape index (κ1) is 13.2. The average Bonchev–Trinajstić information content (AvgIpc) is 2.73. The molecule has 0 aliphatic rings. The monoisotopic (exact) mass is 225 g/mol. The van der Waals surface area contributed by atoms with Crippen molar-refractivity contribution in [3.63, 3.8) is 0 Å². The van der Waals surface area contributed by atoms with E-state index in [1.807, 2.05) is 6.33 Å². The van der Waals surface area contributed by atoms with Gasteiger partial charge in [-0.1, -0.05) is 6.92 Å². The third-order valence-corrected chi connectivity index (χ3v) is 2.51. The van der Waals surface area contributed by atoms with Gasteiger partial charge in [0, 0.05) is 39.4 Å². The quantitative estimate of drug-likeness (QED) is 0.647. The standard InChI is InChI=1S/C12H23N3O/c1-3-13-7-6-12-10-15(11-14-12)8-4-5-9-16-2/h10-11,13H,3-9H2,1-2H3. The van der Waals surface area contributed by atoms with E-state index in [4.69, 9.17) is 4.74 Å². The highest BCUT2D eigenvalue weighted by Crippen LogP contribution is 2.00. The third-order valence-electron chi connectivity index (χ3n) is 2.51. The molecule has 1 heterocycles. The van der Waals surface area contributed by atoms with E-state index in [1.165, 1.54) is 5.69 Å². The van der Waals surface area contributed by atoms with Gasteiger partial charge in [-0.25, -0.2) is 4.98 Å². The van der Waals surface area contributed by atoms with Crippen LogP contribution in [-0.4, -0.2) is 36.4 Å². The number of nitrogens with zero attached hydrogens (tertiary/aromatic N) is 2. The van der Waals surface area contributed by atoms with Gasteiger partial charge in [0.25, 0.3) is 0 Å². The highest BCUT2D eigenvalue weighted by Gasteiger charge is 1.98. The molecule has 92 valence electrons.